The fourth-order valence-corrected chi connectivity index (χ4v) is 2.70. The van der Waals surface area contributed by atoms with Gasteiger partial charge in [-0.2, -0.15) is 0 Å². The molecule has 0 spiro atoms. The molecule has 6 nitrogen and oxygen atoms in total. The van der Waals surface area contributed by atoms with E-state index in [9.17, 15) is 9.59 Å². The number of carbonyl (C=O) groups is 2. The Morgan fingerprint density at radius 2 is 1.96 bits per heavy atom. The van der Waals surface area contributed by atoms with E-state index in [2.05, 4.69) is 5.32 Å². The number of methoxy groups -OCH3 is 1. The van der Waals surface area contributed by atoms with E-state index in [0.29, 0.717) is 18.8 Å². The van der Waals surface area contributed by atoms with Crippen molar-refractivity contribution in [3.63, 3.8) is 0 Å². The van der Waals surface area contributed by atoms with Crippen LogP contribution in [0.3, 0.4) is 0 Å². The average Bonchev–Trinajstić information content (AvgIpc) is 2.64. The van der Waals surface area contributed by atoms with Crippen LogP contribution in [-0.4, -0.2) is 38.6 Å². The lowest BCUT2D eigenvalue weighted by atomic mass is 10.1. The Balaban J connectivity index is 1.52. The topological polar surface area (TPSA) is 67.9 Å². The van der Waals surface area contributed by atoms with Crippen molar-refractivity contribution in [2.75, 3.05) is 31.7 Å². The molecule has 25 heavy (non-hydrogen) atoms. The van der Waals surface area contributed by atoms with E-state index in [1.165, 1.54) is 0 Å². The Morgan fingerprint density at radius 3 is 2.72 bits per heavy atom. The zero-order valence-electron chi connectivity index (χ0n) is 14.0. The standard InChI is InChI=1S/C19H20N2O4/c1-24-15-8-6-14(7-9-15)12-18(22)20-10-11-21-16-4-2-3-5-17(16)25-13-19(21)23/h2-9H,10-13H2,1H3,(H,20,22). The lowest BCUT2D eigenvalue weighted by molar-refractivity contribution is -0.122. The number of hydrogen-bond acceptors (Lipinski definition) is 4. The van der Waals surface area contributed by atoms with Gasteiger partial charge in [0.15, 0.2) is 6.61 Å². The van der Waals surface area contributed by atoms with E-state index in [4.69, 9.17) is 9.47 Å². The molecule has 0 bridgehead atoms. The molecule has 6 heteroatoms. The molecule has 0 radical (unpaired) electrons. The molecule has 0 atom stereocenters. The molecule has 1 aliphatic rings. The maximum Gasteiger partial charge on any atom is 0.265 e. The number of nitrogens with one attached hydrogen (secondary N) is 1. The molecule has 3 rings (SSSR count). The van der Waals surface area contributed by atoms with E-state index >= 15 is 0 Å². The summed E-state index contributed by atoms with van der Waals surface area (Å²) in [6.07, 6.45) is 0.289. The SMILES string of the molecule is COc1ccc(CC(=O)NCCN2C(=O)COc3ccccc32)cc1. The first-order valence-corrected chi connectivity index (χ1v) is 8.09. The Bertz CT molecular complexity index is 758. The molecule has 1 N–H and O–H groups in total. The number of nitrogens with zero attached hydrogens (tertiary/aromatic N) is 1. The highest BCUT2D eigenvalue weighted by Gasteiger charge is 2.24. The number of hydrogen-bond donors (Lipinski definition) is 1. The van der Waals surface area contributed by atoms with Gasteiger partial charge in [0.2, 0.25) is 5.91 Å². The molecule has 2 aromatic rings. The molecular weight excluding hydrogens is 320 g/mol. The van der Waals surface area contributed by atoms with Gasteiger partial charge in [-0.1, -0.05) is 24.3 Å². The van der Waals surface area contributed by atoms with E-state index in [-0.39, 0.29) is 24.8 Å². The zero-order valence-corrected chi connectivity index (χ0v) is 14.0. The molecule has 0 aliphatic carbocycles. The second-order valence-electron chi connectivity index (χ2n) is 5.68. The van der Waals surface area contributed by atoms with E-state index in [1.807, 2.05) is 48.5 Å². The third-order valence-corrected chi connectivity index (χ3v) is 3.99. The summed E-state index contributed by atoms with van der Waals surface area (Å²) in [6, 6.07) is 14.8. The Kier molecular flexibility index (Phi) is 5.18. The number of fused-ring (bicyclic) bond motifs is 1. The van der Waals surface area contributed by atoms with Crippen LogP contribution in [-0.2, 0) is 16.0 Å². The van der Waals surface area contributed by atoms with Gasteiger partial charge in [0.05, 0.1) is 19.2 Å². The van der Waals surface area contributed by atoms with Gasteiger partial charge in [0.25, 0.3) is 5.91 Å². The molecule has 130 valence electrons. The summed E-state index contributed by atoms with van der Waals surface area (Å²) in [7, 11) is 1.60. The van der Waals surface area contributed by atoms with Gasteiger partial charge in [-0.3, -0.25) is 9.59 Å². The minimum atomic E-state index is -0.108. The number of carbonyl (C=O) groups excluding carboxylic acids is 2. The number of rotatable bonds is 6. The molecule has 1 aliphatic heterocycles. The van der Waals surface area contributed by atoms with E-state index in [1.54, 1.807) is 12.0 Å². The van der Waals surface area contributed by atoms with Crippen LogP contribution in [0.25, 0.3) is 0 Å². The van der Waals surface area contributed by atoms with Crippen LogP contribution in [0.15, 0.2) is 48.5 Å². The Hall–Kier alpha value is -3.02. The van der Waals surface area contributed by atoms with Gasteiger partial charge in [-0.15, -0.1) is 0 Å². The number of anilines is 1. The van der Waals surface area contributed by atoms with Crippen molar-refractivity contribution in [3.05, 3.63) is 54.1 Å². The number of para-hydroxylation sites is 2. The molecule has 0 aromatic heterocycles. The monoisotopic (exact) mass is 340 g/mol. The highest BCUT2D eigenvalue weighted by atomic mass is 16.5. The normalized spacial score (nSPS) is 13.0. The van der Waals surface area contributed by atoms with Crippen LogP contribution >= 0.6 is 0 Å². The molecule has 2 aromatic carbocycles. The van der Waals surface area contributed by atoms with Crippen molar-refractivity contribution < 1.29 is 19.1 Å². The molecular formula is C19H20N2O4. The maximum absolute atomic E-state index is 12.1. The summed E-state index contributed by atoms with van der Waals surface area (Å²) in [5.74, 6) is 1.25. The van der Waals surface area contributed by atoms with Crippen LogP contribution in [0.2, 0.25) is 0 Å². The summed E-state index contributed by atoms with van der Waals surface area (Å²) in [6.45, 7) is 0.819. The first-order valence-electron chi connectivity index (χ1n) is 8.09. The van der Waals surface area contributed by atoms with Crippen LogP contribution in [0.4, 0.5) is 5.69 Å². The third-order valence-electron chi connectivity index (χ3n) is 3.99. The predicted molar refractivity (Wildman–Crippen MR) is 94.0 cm³/mol. The van der Waals surface area contributed by atoms with Gasteiger partial charge in [0, 0.05) is 13.1 Å². The van der Waals surface area contributed by atoms with Gasteiger partial charge in [-0.05, 0) is 29.8 Å². The van der Waals surface area contributed by atoms with Gasteiger partial charge in [-0.25, -0.2) is 0 Å². The molecule has 0 fully saturated rings. The Morgan fingerprint density at radius 1 is 1.20 bits per heavy atom. The van der Waals surface area contributed by atoms with Crippen molar-refractivity contribution in [2.45, 2.75) is 6.42 Å². The number of amides is 2. The van der Waals surface area contributed by atoms with Crippen LogP contribution in [0, 0.1) is 0 Å². The highest BCUT2D eigenvalue weighted by molar-refractivity contribution is 5.97. The minimum absolute atomic E-state index is 0.0246. The molecule has 0 saturated carbocycles. The van der Waals surface area contributed by atoms with Gasteiger partial charge >= 0.3 is 0 Å². The predicted octanol–water partition coefficient (Wildman–Crippen LogP) is 1.78. The van der Waals surface area contributed by atoms with Crippen molar-refractivity contribution in [1.29, 1.82) is 0 Å². The highest BCUT2D eigenvalue weighted by Crippen LogP contribution is 2.30. The molecule has 0 unspecified atom stereocenters. The van der Waals surface area contributed by atoms with Crippen LogP contribution < -0.4 is 19.7 Å². The van der Waals surface area contributed by atoms with Crippen LogP contribution in [0.1, 0.15) is 5.56 Å². The lowest BCUT2D eigenvalue weighted by Gasteiger charge is -2.29. The largest absolute Gasteiger partial charge is 0.497 e. The fraction of sp³-hybridized carbons (Fsp3) is 0.263. The maximum atomic E-state index is 12.1. The van der Waals surface area contributed by atoms with E-state index in [0.717, 1.165) is 17.0 Å². The molecule has 2 amide bonds. The van der Waals surface area contributed by atoms with Crippen molar-refractivity contribution in [1.82, 2.24) is 5.32 Å². The summed E-state index contributed by atoms with van der Waals surface area (Å²) >= 11 is 0. The summed E-state index contributed by atoms with van der Waals surface area (Å²) < 4.78 is 10.5. The minimum Gasteiger partial charge on any atom is -0.497 e. The quantitative estimate of drug-likeness (QED) is 0.870. The van der Waals surface area contributed by atoms with Crippen LogP contribution in [0.5, 0.6) is 11.5 Å². The molecule has 1 heterocycles. The van der Waals surface area contributed by atoms with Gasteiger partial charge < -0.3 is 19.7 Å². The second kappa shape index (κ2) is 7.70. The van der Waals surface area contributed by atoms with E-state index < -0.39 is 0 Å². The summed E-state index contributed by atoms with van der Waals surface area (Å²) in [5, 5.41) is 2.85. The number of ether oxygens (including phenoxy) is 2. The first kappa shape index (κ1) is 16.8. The first-order chi connectivity index (χ1) is 12.2. The van der Waals surface area contributed by atoms with Crippen molar-refractivity contribution in [3.8, 4) is 11.5 Å². The number of benzene rings is 2. The fourth-order valence-electron chi connectivity index (χ4n) is 2.70. The average molecular weight is 340 g/mol. The lowest BCUT2D eigenvalue weighted by Crippen LogP contribution is -2.43. The van der Waals surface area contributed by atoms with Crippen molar-refractivity contribution >= 4 is 17.5 Å². The third kappa shape index (κ3) is 4.09. The second-order valence-corrected chi connectivity index (χ2v) is 5.68. The smallest absolute Gasteiger partial charge is 0.265 e. The Labute approximate surface area is 146 Å². The van der Waals surface area contributed by atoms with Crippen molar-refractivity contribution in [2.24, 2.45) is 0 Å². The van der Waals surface area contributed by atoms with Gasteiger partial charge in [0.1, 0.15) is 11.5 Å². The summed E-state index contributed by atoms with van der Waals surface area (Å²) in [4.78, 5) is 25.8. The summed E-state index contributed by atoms with van der Waals surface area (Å²) in [5.41, 5.74) is 1.65. The zero-order chi connectivity index (χ0) is 17.6. The molecule has 0 saturated heterocycles.